The fourth-order valence-corrected chi connectivity index (χ4v) is 4.20. The highest BCUT2D eigenvalue weighted by Gasteiger charge is 2.39. The highest BCUT2D eigenvalue weighted by atomic mass is 15.3. The number of hydrogen-bond acceptors (Lipinski definition) is 3. The summed E-state index contributed by atoms with van der Waals surface area (Å²) in [6.45, 7) is 5.12. The quantitative estimate of drug-likeness (QED) is 0.899. The van der Waals surface area contributed by atoms with E-state index in [1.807, 2.05) is 6.20 Å². The molecule has 2 aliphatic rings. The molecule has 3 rings (SSSR count). The lowest BCUT2D eigenvalue weighted by Crippen LogP contribution is -2.40. The summed E-state index contributed by atoms with van der Waals surface area (Å²) in [6, 6.07) is 1.14. The van der Waals surface area contributed by atoms with Gasteiger partial charge < -0.3 is 5.73 Å². The highest BCUT2D eigenvalue weighted by molar-refractivity contribution is 5.13. The first-order chi connectivity index (χ1) is 9.83. The standard InChI is InChI=1S/C16H28N4/c1-2-8-19-12-14(11-18-19)16(10-17)20-9-7-13-5-3-4-6-15(13)20/h11-13,15-16H,2-10,17H2,1H3. The first-order valence-electron chi connectivity index (χ1n) is 8.31. The summed E-state index contributed by atoms with van der Waals surface area (Å²) in [5.74, 6) is 0.920. The van der Waals surface area contributed by atoms with Gasteiger partial charge in [0.25, 0.3) is 0 Å². The van der Waals surface area contributed by atoms with Crippen LogP contribution >= 0.6 is 0 Å². The van der Waals surface area contributed by atoms with Crippen molar-refractivity contribution in [3.63, 3.8) is 0 Å². The molecule has 3 unspecified atom stereocenters. The van der Waals surface area contributed by atoms with Gasteiger partial charge in [-0.3, -0.25) is 9.58 Å². The summed E-state index contributed by atoms with van der Waals surface area (Å²) < 4.78 is 2.06. The van der Waals surface area contributed by atoms with Crippen molar-refractivity contribution in [1.82, 2.24) is 14.7 Å². The van der Waals surface area contributed by atoms with E-state index in [2.05, 4.69) is 27.8 Å². The number of nitrogens with two attached hydrogens (primary N) is 1. The number of nitrogens with zero attached hydrogens (tertiary/aromatic N) is 3. The summed E-state index contributed by atoms with van der Waals surface area (Å²) in [6.07, 6.45) is 12.3. The van der Waals surface area contributed by atoms with Gasteiger partial charge in [0.2, 0.25) is 0 Å². The maximum Gasteiger partial charge on any atom is 0.0538 e. The Hall–Kier alpha value is -0.870. The fraction of sp³-hybridized carbons (Fsp3) is 0.812. The Morgan fingerprint density at radius 1 is 1.35 bits per heavy atom. The van der Waals surface area contributed by atoms with E-state index < -0.39 is 0 Å². The Morgan fingerprint density at radius 2 is 2.20 bits per heavy atom. The Kier molecular flexibility index (Phi) is 4.41. The molecule has 1 saturated carbocycles. The predicted molar refractivity (Wildman–Crippen MR) is 81.4 cm³/mol. The molecule has 1 aliphatic carbocycles. The molecule has 112 valence electrons. The van der Waals surface area contributed by atoms with Gasteiger partial charge in [-0.15, -0.1) is 0 Å². The molecule has 2 N–H and O–H groups in total. The van der Waals surface area contributed by atoms with Crippen LogP contribution in [0, 0.1) is 5.92 Å². The van der Waals surface area contributed by atoms with Crippen LogP contribution < -0.4 is 5.73 Å². The fourth-order valence-electron chi connectivity index (χ4n) is 4.20. The average molecular weight is 276 g/mol. The van der Waals surface area contributed by atoms with Crippen molar-refractivity contribution in [2.24, 2.45) is 11.7 Å². The van der Waals surface area contributed by atoms with Crippen LogP contribution in [0.2, 0.25) is 0 Å². The van der Waals surface area contributed by atoms with E-state index in [0.29, 0.717) is 12.6 Å². The normalized spacial score (nSPS) is 28.5. The summed E-state index contributed by atoms with van der Waals surface area (Å²) >= 11 is 0. The van der Waals surface area contributed by atoms with E-state index in [1.165, 1.54) is 44.2 Å². The average Bonchev–Trinajstić information content (AvgIpc) is 3.09. The molecule has 0 amide bonds. The van der Waals surface area contributed by atoms with Gasteiger partial charge in [-0.05, 0) is 38.1 Å². The molecule has 20 heavy (non-hydrogen) atoms. The van der Waals surface area contributed by atoms with Crippen LogP contribution in [-0.2, 0) is 6.54 Å². The maximum absolute atomic E-state index is 6.11. The number of rotatable bonds is 5. The zero-order chi connectivity index (χ0) is 13.9. The van der Waals surface area contributed by atoms with Gasteiger partial charge in [0.1, 0.15) is 0 Å². The number of likely N-dealkylation sites (tertiary alicyclic amines) is 1. The molecule has 2 fully saturated rings. The Balaban J connectivity index is 1.75. The molecular formula is C16H28N4. The molecule has 0 aromatic carbocycles. The third-order valence-electron chi connectivity index (χ3n) is 5.17. The summed E-state index contributed by atoms with van der Waals surface area (Å²) in [4.78, 5) is 2.68. The molecule has 3 atom stereocenters. The first kappa shape index (κ1) is 14.1. The van der Waals surface area contributed by atoms with Crippen LogP contribution in [0.15, 0.2) is 12.4 Å². The second-order valence-electron chi connectivity index (χ2n) is 6.43. The van der Waals surface area contributed by atoms with Crippen molar-refractivity contribution in [1.29, 1.82) is 0 Å². The third-order valence-corrected chi connectivity index (χ3v) is 5.17. The number of fused-ring (bicyclic) bond motifs is 1. The molecule has 1 aromatic rings. The molecular weight excluding hydrogens is 248 g/mol. The minimum absolute atomic E-state index is 0.369. The molecule has 4 nitrogen and oxygen atoms in total. The number of hydrogen-bond donors (Lipinski definition) is 1. The topological polar surface area (TPSA) is 47.1 Å². The van der Waals surface area contributed by atoms with Crippen LogP contribution in [0.3, 0.4) is 0 Å². The summed E-state index contributed by atoms with van der Waals surface area (Å²) in [5, 5.41) is 4.48. The van der Waals surface area contributed by atoms with E-state index in [4.69, 9.17) is 5.73 Å². The Morgan fingerprint density at radius 3 is 3.00 bits per heavy atom. The van der Waals surface area contributed by atoms with Gasteiger partial charge in [-0.25, -0.2) is 0 Å². The van der Waals surface area contributed by atoms with E-state index in [9.17, 15) is 0 Å². The molecule has 4 heteroatoms. The molecule has 1 saturated heterocycles. The van der Waals surface area contributed by atoms with Crippen molar-refractivity contribution in [3.05, 3.63) is 18.0 Å². The number of aromatic nitrogens is 2. The van der Waals surface area contributed by atoms with Crippen LogP contribution in [0.4, 0.5) is 0 Å². The summed E-state index contributed by atoms with van der Waals surface area (Å²) in [5.41, 5.74) is 7.42. The molecule has 2 heterocycles. The zero-order valence-electron chi connectivity index (χ0n) is 12.7. The number of aryl methyl sites for hydroxylation is 1. The van der Waals surface area contributed by atoms with Gasteiger partial charge in [0.15, 0.2) is 0 Å². The molecule has 0 radical (unpaired) electrons. The van der Waals surface area contributed by atoms with Crippen molar-refractivity contribution in [3.8, 4) is 0 Å². The highest BCUT2D eigenvalue weighted by Crippen LogP contribution is 2.40. The van der Waals surface area contributed by atoms with E-state index in [-0.39, 0.29) is 0 Å². The molecule has 0 bridgehead atoms. The third kappa shape index (κ3) is 2.63. The van der Waals surface area contributed by atoms with E-state index >= 15 is 0 Å². The van der Waals surface area contributed by atoms with Gasteiger partial charge in [-0.1, -0.05) is 19.8 Å². The maximum atomic E-state index is 6.11. The van der Waals surface area contributed by atoms with Crippen molar-refractivity contribution >= 4 is 0 Å². The largest absolute Gasteiger partial charge is 0.329 e. The minimum atomic E-state index is 0.369. The van der Waals surface area contributed by atoms with Crippen LogP contribution in [0.5, 0.6) is 0 Å². The first-order valence-corrected chi connectivity index (χ1v) is 8.31. The lowest BCUT2D eigenvalue weighted by molar-refractivity contribution is 0.135. The van der Waals surface area contributed by atoms with Crippen LogP contribution in [0.1, 0.15) is 57.1 Å². The lowest BCUT2D eigenvalue weighted by atomic mass is 9.85. The minimum Gasteiger partial charge on any atom is -0.329 e. The van der Waals surface area contributed by atoms with Crippen LogP contribution in [-0.4, -0.2) is 33.8 Å². The smallest absolute Gasteiger partial charge is 0.0538 e. The van der Waals surface area contributed by atoms with Gasteiger partial charge in [0, 0.05) is 30.9 Å². The monoisotopic (exact) mass is 276 g/mol. The molecule has 0 spiro atoms. The van der Waals surface area contributed by atoms with Gasteiger partial charge >= 0.3 is 0 Å². The van der Waals surface area contributed by atoms with Crippen molar-refractivity contribution in [2.45, 2.75) is 64.1 Å². The lowest BCUT2D eigenvalue weighted by Gasteiger charge is -2.36. The van der Waals surface area contributed by atoms with Crippen LogP contribution in [0.25, 0.3) is 0 Å². The van der Waals surface area contributed by atoms with Crippen molar-refractivity contribution in [2.75, 3.05) is 13.1 Å². The van der Waals surface area contributed by atoms with E-state index in [1.54, 1.807) is 0 Å². The predicted octanol–water partition coefficient (Wildman–Crippen LogP) is 2.56. The van der Waals surface area contributed by atoms with Gasteiger partial charge in [-0.2, -0.15) is 5.10 Å². The zero-order valence-corrected chi connectivity index (χ0v) is 12.7. The second kappa shape index (κ2) is 6.27. The van der Waals surface area contributed by atoms with E-state index in [0.717, 1.165) is 24.9 Å². The summed E-state index contributed by atoms with van der Waals surface area (Å²) in [7, 11) is 0. The SMILES string of the molecule is CCCn1cc(C(CN)N2CCC3CCCCC32)cn1. The Bertz CT molecular complexity index is 428. The Labute approximate surface area is 122 Å². The van der Waals surface area contributed by atoms with Crippen molar-refractivity contribution < 1.29 is 0 Å². The molecule has 1 aromatic heterocycles. The molecule has 1 aliphatic heterocycles. The van der Waals surface area contributed by atoms with Gasteiger partial charge in [0.05, 0.1) is 12.2 Å². The second-order valence-corrected chi connectivity index (χ2v) is 6.43.